The number of nitrogens with one attached hydrogen (secondary N) is 1. The molecule has 152 valence electrons. The molecule has 0 unspecified atom stereocenters. The third-order valence-corrected chi connectivity index (χ3v) is 4.78. The largest absolute Gasteiger partial charge is 0.450 e. The van der Waals surface area contributed by atoms with Gasteiger partial charge in [0.15, 0.2) is 0 Å². The van der Waals surface area contributed by atoms with E-state index < -0.39 is 0 Å². The first-order chi connectivity index (χ1) is 14.1. The van der Waals surface area contributed by atoms with Gasteiger partial charge in [-0.3, -0.25) is 9.59 Å². The van der Waals surface area contributed by atoms with E-state index in [0.717, 1.165) is 5.56 Å². The van der Waals surface area contributed by atoms with Gasteiger partial charge in [0.05, 0.1) is 6.61 Å². The minimum absolute atomic E-state index is 0.107. The zero-order valence-corrected chi connectivity index (χ0v) is 16.5. The van der Waals surface area contributed by atoms with Gasteiger partial charge in [0.2, 0.25) is 0 Å². The zero-order chi connectivity index (χ0) is 20.6. The monoisotopic (exact) mass is 395 g/mol. The van der Waals surface area contributed by atoms with Gasteiger partial charge in [-0.05, 0) is 36.8 Å². The van der Waals surface area contributed by atoms with Gasteiger partial charge in [0, 0.05) is 43.9 Å². The number of hydrogen-bond donors (Lipinski definition) is 1. The number of piperazine rings is 1. The summed E-state index contributed by atoms with van der Waals surface area (Å²) in [5.41, 5.74) is 2.05. The predicted molar refractivity (Wildman–Crippen MR) is 109 cm³/mol. The third kappa shape index (κ3) is 5.34. The lowest BCUT2D eigenvalue weighted by atomic mass is 10.1. The molecule has 0 atom stereocenters. The lowest BCUT2D eigenvalue weighted by molar-refractivity contribution is 0.0570. The summed E-state index contributed by atoms with van der Waals surface area (Å²) < 4.78 is 4.99. The van der Waals surface area contributed by atoms with E-state index in [0.29, 0.717) is 50.5 Å². The van der Waals surface area contributed by atoms with Crippen LogP contribution in [0.4, 0.5) is 4.79 Å². The molecule has 0 aliphatic carbocycles. The van der Waals surface area contributed by atoms with Crippen LogP contribution < -0.4 is 5.32 Å². The summed E-state index contributed by atoms with van der Waals surface area (Å²) in [6.07, 6.45) is -0.342. The van der Waals surface area contributed by atoms with Gasteiger partial charge in [-0.1, -0.05) is 30.3 Å². The van der Waals surface area contributed by atoms with E-state index in [1.165, 1.54) is 0 Å². The van der Waals surface area contributed by atoms with Crippen LogP contribution >= 0.6 is 0 Å². The minimum atomic E-state index is -0.342. The molecular formula is C22H25N3O4. The van der Waals surface area contributed by atoms with Crippen LogP contribution in [-0.4, -0.2) is 60.5 Å². The van der Waals surface area contributed by atoms with E-state index in [2.05, 4.69) is 5.32 Å². The Morgan fingerprint density at radius 1 is 0.862 bits per heavy atom. The SMILES string of the molecule is CCOC(=O)N1CCN(C(=O)c2ccc(C(=O)NCc3ccccc3)cc2)CC1. The molecule has 1 saturated heterocycles. The number of carbonyl (C=O) groups excluding carboxylic acids is 3. The second kappa shape index (κ2) is 9.73. The molecule has 0 spiro atoms. The molecule has 0 saturated carbocycles. The molecule has 3 amide bonds. The number of nitrogens with zero attached hydrogens (tertiary/aromatic N) is 2. The third-order valence-electron chi connectivity index (χ3n) is 4.78. The molecule has 7 nitrogen and oxygen atoms in total. The maximum atomic E-state index is 12.7. The van der Waals surface area contributed by atoms with Crippen molar-refractivity contribution in [2.45, 2.75) is 13.5 Å². The summed E-state index contributed by atoms with van der Waals surface area (Å²) in [6.45, 7) is 4.36. The van der Waals surface area contributed by atoms with Gasteiger partial charge >= 0.3 is 6.09 Å². The molecule has 2 aromatic rings. The Morgan fingerprint density at radius 3 is 2.07 bits per heavy atom. The topological polar surface area (TPSA) is 79.0 Å². The maximum absolute atomic E-state index is 12.7. The van der Waals surface area contributed by atoms with Crippen molar-refractivity contribution >= 4 is 17.9 Å². The first-order valence-corrected chi connectivity index (χ1v) is 9.71. The van der Waals surface area contributed by atoms with Crippen LogP contribution in [0.5, 0.6) is 0 Å². The highest BCUT2D eigenvalue weighted by molar-refractivity contribution is 5.97. The molecular weight excluding hydrogens is 370 g/mol. The van der Waals surface area contributed by atoms with Crippen molar-refractivity contribution in [2.75, 3.05) is 32.8 Å². The van der Waals surface area contributed by atoms with Crippen molar-refractivity contribution in [3.8, 4) is 0 Å². The summed E-state index contributed by atoms with van der Waals surface area (Å²) in [7, 11) is 0. The molecule has 7 heteroatoms. The highest BCUT2D eigenvalue weighted by Gasteiger charge is 2.25. The Bertz CT molecular complexity index is 844. The average Bonchev–Trinajstić information content (AvgIpc) is 2.78. The van der Waals surface area contributed by atoms with Gasteiger partial charge < -0.3 is 19.9 Å². The van der Waals surface area contributed by atoms with Gasteiger partial charge in [-0.2, -0.15) is 0 Å². The van der Waals surface area contributed by atoms with Crippen molar-refractivity contribution in [1.82, 2.24) is 15.1 Å². The van der Waals surface area contributed by atoms with Crippen molar-refractivity contribution in [2.24, 2.45) is 0 Å². The molecule has 2 aromatic carbocycles. The number of amides is 3. The normalized spacial score (nSPS) is 13.7. The van der Waals surface area contributed by atoms with E-state index >= 15 is 0 Å². The lowest BCUT2D eigenvalue weighted by Crippen LogP contribution is -2.50. The maximum Gasteiger partial charge on any atom is 0.409 e. The second-order valence-corrected chi connectivity index (χ2v) is 6.72. The summed E-state index contributed by atoms with van der Waals surface area (Å²) >= 11 is 0. The average molecular weight is 395 g/mol. The van der Waals surface area contributed by atoms with Crippen LogP contribution in [0.25, 0.3) is 0 Å². The Hall–Kier alpha value is -3.35. The van der Waals surface area contributed by atoms with Crippen LogP contribution in [0.15, 0.2) is 54.6 Å². The Balaban J connectivity index is 1.52. The van der Waals surface area contributed by atoms with Crippen molar-refractivity contribution in [3.05, 3.63) is 71.3 Å². The van der Waals surface area contributed by atoms with Gasteiger partial charge in [-0.15, -0.1) is 0 Å². The zero-order valence-electron chi connectivity index (χ0n) is 16.5. The Kier molecular flexibility index (Phi) is 6.84. The molecule has 3 rings (SSSR count). The second-order valence-electron chi connectivity index (χ2n) is 6.72. The molecule has 1 heterocycles. The van der Waals surface area contributed by atoms with E-state index in [1.807, 2.05) is 30.3 Å². The van der Waals surface area contributed by atoms with E-state index in [9.17, 15) is 14.4 Å². The highest BCUT2D eigenvalue weighted by atomic mass is 16.6. The number of hydrogen-bond acceptors (Lipinski definition) is 4. The van der Waals surface area contributed by atoms with E-state index in [1.54, 1.807) is 41.0 Å². The van der Waals surface area contributed by atoms with Gasteiger partial charge in [0.1, 0.15) is 0 Å². The molecule has 1 fully saturated rings. The van der Waals surface area contributed by atoms with Crippen LogP contribution in [0.3, 0.4) is 0 Å². The summed E-state index contributed by atoms with van der Waals surface area (Å²) in [5, 5.41) is 2.87. The van der Waals surface area contributed by atoms with Crippen LogP contribution in [-0.2, 0) is 11.3 Å². The number of benzene rings is 2. The Morgan fingerprint density at radius 2 is 1.45 bits per heavy atom. The Labute approximate surface area is 170 Å². The molecule has 1 aliphatic rings. The fourth-order valence-corrected chi connectivity index (χ4v) is 3.13. The summed E-state index contributed by atoms with van der Waals surface area (Å²) in [5.74, 6) is -0.291. The first-order valence-electron chi connectivity index (χ1n) is 9.71. The highest BCUT2D eigenvalue weighted by Crippen LogP contribution is 2.11. The number of ether oxygens (including phenoxy) is 1. The first kappa shape index (κ1) is 20.4. The van der Waals surface area contributed by atoms with Gasteiger partial charge in [0.25, 0.3) is 11.8 Å². The standard InChI is InChI=1S/C22H25N3O4/c1-2-29-22(28)25-14-12-24(13-15-25)21(27)19-10-8-18(9-11-19)20(26)23-16-17-6-4-3-5-7-17/h3-11H,2,12-16H2,1H3,(H,23,26). The summed E-state index contributed by atoms with van der Waals surface area (Å²) in [4.78, 5) is 40.0. The minimum Gasteiger partial charge on any atom is -0.450 e. The van der Waals surface area contributed by atoms with Crippen molar-refractivity contribution in [1.29, 1.82) is 0 Å². The molecule has 1 N–H and O–H groups in total. The fraction of sp³-hybridized carbons (Fsp3) is 0.318. The van der Waals surface area contributed by atoms with Crippen molar-refractivity contribution < 1.29 is 19.1 Å². The molecule has 29 heavy (non-hydrogen) atoms. The molecule has 0 radical (unpaired) electrons. The van der Waals surface area contributed by atoms with Crippen molar-refractivity contribution in [3.63, 3.8) is 0 Å². The van der Waals surface area contributed by atoms with E-state index in [-0.39, 0.29) is 17.9 Å². The van der Waals surface area contributed by atoms with Crippen LogP contribution in [0, 0.1) is 0 Å². The van der Waals surface area contributed by atoms with Crippen LogP contribution in [0.1, 0.15) is 33.2 Å². The van der Waals surface area contributed by atoms with Gasteiger partial charge in [-0.25, -0.2) is 4.79 Å². The number of carbonyl (C=O) groups is 3. The molecule has 1 aliphatic heterocycles. The number of rotatable bonds is 5. The van der Waals surface area contributed by atoms with Crippen LogP contribution in [0.2, 0.25) is 0 Å². The smallest absolute Gasteiger partial charge is 0.409 e. The molecule has 0 bridgehead atoms. The quantitative estimate of drug-likeness (QED) is 0.844. The fourth-order valence-electron chi connectivity index (χ4n) is 3.13. The summed E-state index contributed by atoms with van der Waals surface area (Å²) in [6, 6.07) is 16.3. The molecule has 0 aromatic heterocycles. The predicted octanol–water partition coefficient (Wildman–Crippen LogP) is 2.53. The van der Waals surface area contributed by atoms with E-state index in [4.69, 9.17) is 4.74 Å². The lowest BCUT2D eigenvalue weighted by Gasteiger charge is -2.34.